The molecule has 2 N–H and O–H groups in total. The molecule has 0 spiro atoms. The summed E-state index contributed by atoms with van der Waals surface area (Å²) in [7, 11) is -1.98. The van der Waals surface area contributed by atoms with Gasteiger partial charge in [0.15, 0.2) is 0 Å². The lowest BCUT2D eigenvalue weighted by Gasteiger charge is -2.26. The summed E-state index contributed by atoms with van der Waals surface area (Å²) in [4.78, 5) is 6.37. The van der Waals surface area contributed by atoms with E-state index in [0.29, 0.717) is 34.9 Å². The molecule has 1 heterocycles. The minimum atomic E-state index is -3.82. The van der Waals surface area contributed by atoms with Gasteiger partial charge < -0.3 is 10.5 Å². The number of likely N-dealkylation sites (N-methyl/N-ethyl adjacent to an activating group) is 1. The molecule has 0 radical (unpaired) electrons. The molecule has 1 aromatic heterocycles. The first-order chi connectivity index (χ1) is 15.9. The maximum Gasteiger partial charge on any atom is 0.207 e. The number of rotatable bonds is 8. The third-order valence-corrected chi connectivity index (χ3v) is 7.60. The van der Waals surface area contributed by atoms with Crippen LogP contribution in [0.25, 0.3) is 10.8 Å². The number of hydrogen-bond donors (Lipinski definition) is 1. The van der Waals surface area contributed by atoms with E-state index in [1.54, 1.807) is 79.1 Å². The van der Waals surface area contributed by atoms with E-state index < -0.39 is 16.0 Å². The highest BCUT2D eigenvalue weighted by Gasteiger charge is 2.26. The fraction of sp³-hybridized carbons (Fsp3) is 0.160. The molecule has 1 unspecified atom stereocenters. The lowest BCUT2D eigenvalue weighted by atomic mass is 10.1. The van der Waals surface area contributed by atoms with Gasteiger partial charge in [-0.15, -0.1) is 0 Å². The fourth-order valence-corrected chi connectivity index (χ4v) is 5.48. The van der Waals surface area contributed by atoms with Gasteiger partial charge in [0.05, 0.1) is 16.0 Å². The summed E-state index contributed by atoms with van der Waals surface area (Å²) < 4.78 is 33.1. The Morgan fingerprint density at radius 2 is 1.73 bits per heavy atom. The number of ether oxygens (including phenoxy) is 1. The van der Waals surface area contributed by atoms with Gasteiger partial charge in [-0.25, -0.2) is 8.42 Å². The zero-order valence-electron chi connectivity index (χ0n) is 18.1. The summed E-state index contributed by atoms with van der Waals surface area (Å²) in [6.45, 7) is 0.884. The van der Waals surface area contributed by atoms with Crippen molar-refractivity contribution in [1.29, 1.82) is 0 Å². The average molecular weight is 482 g/mol. The van der Waals surface area contributed by atoms with Gasteiger partial charge in [-0.1, -0.05) is 41.9 Å². The maximum absolute atomic E-state index is 13.7. The predicted molar refractivity (Wildman–Crippen MR) is 130 cm³/mol. The van der Waals surface area contributed by atoms with Crippen molar-refractivity contribution in [2.45, 2.75) is 16.0 Å². The molecular weight excluding hydrogens is 458 g/mol. The van der Waals surface area contributed by atoms with Crippen molar-refractivity contribution in [1.82, 2.24) is 9.88 Å². The van der Waals surface area contributed by atoms with Crippen LogP contribution in [0.3, 0.4) is 0 Å². The second kappa shape index (κ2) is 9.89. The molecule has 0 bridgehead atoms. The van der Waals surface area contributed by atoms with E-state index in [4.69, 9.17) is 22.1 Å². The van der Waals surface area contributed by atoms with Gasteiger partial charge in [0.1, 0.15) is 12.4 Å². The predicted octanol–water partition coefficient (Wildman–Crippen LogP) is 4.69. The molecule has 4 aromatic rings. The number of halogens is 1. The van der Waals surface area contributed by atoms with E-state index in [1.165, 1.54) is 0 Å². The van der Waals surface area contributed by atoms with E-state index >= 15 is 0 Å². The first-order valence-electron chi connectivity index (χ1n) is 10.4. The molecule has 0 saturated heterocycles. The molecule has 4 rings (SSSR count). The highest BCUT2D eigenvalue weighted by molar-refractivity contribution is 7.91. The molecule has 0 fully saturated rings. The highest BCUT2D eigenvalue weighted by Crippen LogP contribution is 2.32. The zero-order chi connectivity index (χ0) is 23.4. The molecule has 3 aromatic carbocycles. The number of nitrogens with zero attached hydrogens (tertiary/aromatic N) is 2. The van der Waals surface area contributed by atoms with Gasteiger partial charge in [0, 0.05) is 40.3 Å². The normalized spacial score (nSPS) is 12.7. The molecule has 6 nitrogen and oxygen atoms in total. The molecule has 0 amide bonds. The first-order valence-corrected chi connectivity index (χ1v) is 12.2. The Bertz CT molecular complexity index is 1360. The van der Waals surface area contributed by atoms with Gasteiger partial charge >= 0.3 is 0 Å². The monoisotopic (exact) mass is 481 g/mol. The van der Waals surface area contributed by atoms with E-state index in [2.05, 4.69) is 4.98 Å². The SMILES string of the molecule is CN(CCOc1ccc(Cl)cc1)C(N)c1ccccc1S(=O)(=O)c1cccc2cnccc12. The van der Waals surface area contributed by atoms with Gasteiger partial charge in [0.25, 0.3) is 0 Å². The fourth-order valence-electron chi connectivity index (χ4n) is 3.63. The molecule has 8 heteroatoms. The van der Waals surface area contributed by atoms with Crippen LogP contribution in [-0.2, 0) is 9.84 Å². The van der Waals surface area contributed by atoms with Crippen molar-refractivity contribution in [2.75, 3.05) is 20.2 Å². The molecule has 170 valence electrons. The van der Waals surface area contributed by atoms with Gasteiger partial charge in [0.2, 0.25) is 9.84 Å². The van der Waals surface area contributed by atoms with Crippen LogP contribution in [-0.4, -0.2) is 38.5 Å². The summed E-state index contributed by atoms with van der Waals surface area (Å²) in [6, 6.07) is 20.9. The summed E-state index contributed by atoms with van der Waals surface area (Å²) in [5.74, 6) is 0.704. The quantitative estimate of drug-likeness (QED) is 0.367. The second-order valence-corrected chi connectivity index (χ2v) is 9.95. The number of aromatic nitrogens is 1. The minimum absolute atomic E-state index is 0.187. The van der Waals surface area contributed by atoms with Gasteiger partial charge in [-0.05, 0) is 49.5 Å². The maximum atomic E-state index is 13.7. The topological polar surface area (TPSA) is 85.5 Å². The Hall–Kier alpha value is -2.97. The number of sulfone groups is 1. The Labute approximate surface area is 198 Å². The van der Waals surface area contributed by atoms with Crippen molar-refractivity contribution in [3.8, 4) is 5.75 Å². The summed E-state index contributed by atoms with van der Waals surface area (Å²) in [5.41, 5.74) is 7.03. The Balaban J connectivity index is 1.58. The van der Waals surface area contributed by atoms with Crippen molar-refractivity contribution in [3.05, 3.63) is 95.8 Å². The first kappa shape index (κ1) is 23.2. The number of pyridine rings is 1. The smallest absolute Gasteiger partial charge is 0.207 e. The van der Waals surface area contributed by atoms with E-state index in [1.807, 2.05) is 18.0 Å². The summed E-state index contributed by atoms with van der Waals surface area (Å²) >= 11 is 5.90. The van der Waals surface area contributed by atoms with Crippen LogP contribution in [0, 0.1) is 0 Å². The van der Waals surface area contributed by atoms with Crippen LogP contribution in [0.4, 0.5) is 0 Å². The van der Waals surface area contributed by atoms with Crippen LogP contribution in [0.2, 0.25) is 5.02 Å². The minimum Gasteiger partial charge on any atom is -0.492 e. The van der Waals surface area contributed by atoms with Crippen LogP contribution in [0.15, 0.2) is 95.0 Å². The van der Waals surface area contributed by atoms with Crippen molar-refractivity contribution in [3.63, 3.8) is 0 Å². The molecule has 33 heavy (non-hydrogen) atoms. The molecule has 0 saturated carbocycles. The Morgan fingerprint density at radius 1 is 1.00 bits per heavy atom. The largest absolute Gasteiger partial charge is 0.492 e. The third kappa shape index (κ3) is 5.02. The Kier molecular flexibility index (Phi) is 6.95. The van der Waals surface area contributed by atoms with E-state index in [0.717, 1.165) is 5.39 Å². The van der Waals surface area contributed by atoms with Crippen molar-refractivity contribution >= 4 is 32.2 Å². The second-order valence-electron chi connectivity index (χ2n) is 7.62. The highest BCUT2D eigenvalue weighted by atomic mass is 35.5. The van der Waals surface area contributed by atoms with Crippen molar-refractivity contribution < 1.29 is 13.2 Å². The van der Waals surface area contributed by atoms with Crippen LogP contribution >= 0.6 is 11.6 Å². The zero-order valence-corrected chi connectivity index (χ0v) is 19.6. The number of benzene rings is 3. The van der Waals surface area contributed by atoms with Crippen LogP contribution in [0.5, 0.6) is 5.75 Å². The molecule has 0 aliphatic rings. The standard InChI is InChI=1S/C25H24ClN3O3S/c1-29(15-16-32-20-11-9-19(26)10-12-20)25(27)22-6-2-3-7-24(22)33(30,31)23-8-4-5-18-17-28-14-13-21(18)23/h2-14,17,25H,15-16,27H2,1H3. The molecule has 0 aliphatic carbocycles. The van der Waals surface area contributed by atoms with Crippen LogP contribution < -0.4 is 10.5 Å². The van der Waals surface area contributed by atoms with E-state index in [9.17, 15) is 8.42 Å². The van der Waals surface area contributed by atoms with Gasteiger partial charge in [-0.2, -0.15) is 0 Å². The summed E-state index contributed by atoms with van der Waals surface area (Å²) in [5, 5.41) is 2.03. The number of hydrogen-bond acceptors (Lipinski definition) is 6. The Morgan fingerprint density at radius 3 is 2.52 bits per heavy atom. The van der Waals surface area contributed by atoms with Gasteiger partial charge in [-0.3, -0.25) is 9.88 Å². The van der Waals surface area contributed by atoms with Crippen LogP contribution in [0.1, 0.15) is 11.7 Å². The third-order valence-electron chi connectivity index (χ3n) is 5.46. The average Bonchev–Trinajstić information content (AvgIpc) is 2.84. The number of fused-ring (bicyclic) bond motifs is 1. The van der Waals surface area contributed by atoms with Crippen molar-refractivity contribution in [2.24, 2.45) is 5.73 Å². The lowest BCUT2D eigenvalue weighted by molar-refractivity contribution is 0.193. The number of nitrogens with two attached hydrogens (primary N) is 1. The summed E-state index contributed by atoms with van der Waals surface area (Å²) in [6.07, 6.45) is 2.61. The molecule has 0 aliphatic heterocycles. The lowest BCUT2D eigenvalue weighted by Crippen LogP contribution is -2.35. The van der Waals surface area contributed by atoms with E-state index in [-0.39, 0.29) is 9.79 Å². The molecular formula is C25H24ClN3O3S. The molecule has 1 atom stereocenters.